The van der Waals surface area contributed by atoms with Crippen LogP contribution < -0.4 is 0 Å². The van der Waals surface area contributed by atoms with Gasteiger partial charge in [-0.1, -0.05) is 25.5 Å². The lowest BCUT2D eigenvalue weighted by molar-refractivity contribution is -0.146. The lowest BCUT2D eigenvalue weighted by Crippen LogP contribution is -2.36. The third kappa shape index (κ3) is 2.38. The summed E-state index contributed by atoms with van der Waals surface area (Å²) in [5.74, 6) is -0.413. The number of carbonyl (C=O) groups is 1. The van der Waals surface area contributed by atoms with E-state index in [0.717, 1.165) is 24.0 Å². The van der Waals surface area contributed by atoms with Crippen LogP contribution in [0.2, 0.25) is 0 Å². The van der Waals surface area contributed by atoms with E-state index in [1.54, 1.807) is 6.92 Å². The Balaban J connectivity index is 2.43. The van der Waals surface area contributed by atoms with Gasteiger partial charge in [-0.2, -0.15) is 0 Å². The minimum atomic E-state index is -0.840. The van der Waals surface area contributed by atoms with Crippen molar-refractivity contribution < 1.29 is 9.90 Å². The summed E-state index contributed by atoms with van der Waals surface area (Å²) < 4.78 is 0. The summed E-state index contributed by atoms with van der Waals surface area (Å²) in [5.41, 5.74) is 1.21. The molecule has 0 radical (unpaired) electrons. The fourth-order valence-electron chi connectivity index (χ4n) is 2.68. The van der Waals surface area contributed by atoms with Crippen LogP contribution in [0.3, 0.4) is 0 Å². The number of hydrogen-bond acceptors (Lipinski definition) is 3. The minimum Gasteiger partial charge on any atom is -0.481 e. The maximum atomic E-state index is 11.6. The van der Waals surface area contributed by atoms with E-state index in [1.165, 1.54) is 18.2 Å². The lowest BCUT2D eigenvalue weighted by atomic mass is 9.66. The average Bonchev–Trinajstić information content (AvgIpc) is 2.30. The first-order valence-electron chi connectivity index (χ1n) is 6.71. The van der Waals surface area contributed by atoms with E-state index in [-0.39, 0.29) is 5.92 Å². The van der Waals surface area contributed by atoms with Crippen LogP contribution in [0, 0.1) is 22.7 Å². The van der Waals surface area contributed by atoms with Gasteiger partial charge in [0.05, 0.1) is 10.5 Å². The van der Waals surface area contributed by atoms with Gasteiger partial charge in [0.25, 0.3) is 0 Å². The first kappa shape index (κ1) is 14.4. The lowest BCUT2D eigenvalue weighted by Gasteiger charge is -2.38. The monoisotopic (exact) mass is 279 g/mol. The van der Waals surface area contributed by atoms with E-state index < -0.39 is 11.4 Å². The highest BCUT2D eigenvalue weighted by Crippen LogP contribution is 2.46. The first-order valence-corrected chi connectivity index (χ1v) is 7.94. The molecule has 0 aromatic carbocycles. The van der Waals surface area contributed by atoms with Gasteiger partial charge >= 0.3 is 5.97 Å². The molecule has 0 saturated heterocycles. The largest absolute Gasteiger partial charge is 0.481 e. The number of nitrogens with one attached hydrogen (secondary N) is 1. The highest BCUT2D eigenvalue weighted by molar-refractivity contribution is 8.13. The molecular formula is C15H21NO2S. The predicted octanol–water partition coefficient (Wildman–Crippen LogP) is 3.72. The van der Waals surface area contributed by atoms with E-state index in [1.807, 2.05) is 25.3 Å². The van der Waals surface area contributed by atoms with E-state index in [0.29, 0.717) is 11.0 Å². The second kappa shape index (κ2) is 5.16. The quantitative estimate of drug-likeness (QED) is 0.611. The molecule has 0 aromatic rings. The van der Waals surface area contributed by atoms with Gasteiger partial charge in [-0.15, -0.1) is 11.8 Å². The summed E-state index contributed by atoms with van der Waals surface area (Å²) in [6.07, 6.45) is 9.26. The molecule has 104 valence electrons. The Hall–Kier alpha value is -1.03. The maximum Gasteiger partial charge on any atom is 0.313 e. The second-order valence-corrected chi connectivity index (χ2v) is 6.53. The van der Waals surface area contributed by atoms with E-state index in [4.69, 9.17) is 5.41 Å². The van der Waals surface area contributed by atoms with Crippen LogP contribution in [-0.4, -0.2) is 22.4 Å². The summed E-state index contributed by atoms with van der Waals surface area (Å²) in [4.78, 5) is 11.6. The third-order valence-electron chi connectivity index (χ3n) is 4.58. The molecule has 2 aliphatic rings. The van der Waals surface area contributed by atoms with Gasteiger partial charge in [-0.05, 0) is 43.4 Å². The van der Waals surface area contributed by atoms with Gasteiger partial charge in [0.1, 0.15) is 0 Å². The van der Waals surface area contributed by atoms with Gasteiger partial charge in [-0.3, -0.25) is 10.2 Å². The maximum absolute atomic E-state index is 11.6. The molecule has 3 nitrogen and oxygen atoms in total. The van der Waals surface area contributed by atoms with Crippen LogP contribution >= 0.6 is 11.8 Å². The van der Waals surface area contributed by atoms with Crippen molar-refractivity contribution in [3.05, 3.63) is 23.3 Å². The predicted molar refractivity (Wildman–Crippen MR) is 79.7 cm³/mol. The molecule has 2 aliphatic carbocycles. The highest BCUT2D eigenvalue weighted by Gasteiger charge is 2.42. The fraction of sp³-hybridized carbons (Fsp3) is 0.600. The molecule has 2 N–H and O–H groups in total. The van der Waals surface area contributed by atoms with Crippen molar-refractivity contribution in [3.63, 3.8) is 0 Å². The number of carboxylic acids is 1. The number of aliphatic carboxylic acids is 1. The number of carboxylic acid groups (broad SMARTS) is 1. The molecule has 4 heteroatoms. The van der Waals surface area contributed by atoms with Crippen molar-refractivity contribution in [3.8, 4) is 0 Å². The number of rotatable bonds is 3. The number of hydrogen-bond donors (Lipinski definition) is 2. The average molecular weight is 279 g/mol. The van der Waals surface area contributed by atoms with Crippen molar-refractivity contribution in [2.45, 2.75) is 33.1 Å². The molecule has 0 aromatic heterocycles. The Morgan fingerprint density at radius 1 is 1.53 bits per heavy atom. The Bertz CT molecular complexity index is 477. The molecule has 2 rings (SSSR count). The van der Waals surface area contributed by atoms with Crippen LogP contribution in [0.1, 0.15) is 33.1 Å². The molecule has 1 fully saturated rings. The number of allylic oxidation sites excluding steroid dienone is 2. The highest BCUT2D eigenvalue weighted by atomic mass is 32.2. The van der Waals surface area contributed by atoms with Gasteiger partial charge in [0, 0.05) is 5.57 Å². The summed E-state index contributed by atoms with van der Waals surface area (Å²) >= 11 is 1.42. The first-order chi connectivity index (χ1) is 8.90. The molecule has 1 saturated carbocycles. The van der Waals surface area contributed by atoms with Crippen LogP contribution in [0.5, 0.6) is 0 Å². The third-order valence-corrected chi connectivity index (χ3v) is 5.21. The summed E-state index contributed by atoms with van der Waals surface area (Å²) in [6.45, 7) is 3.71. The normalized spacial score (nSPS) is 31.2. The van der Waals surface area contributed by atoms with E-state index in [2.05, 4.69) is 0 Å². The Morgan fingerprint density at radius 3 is 2.58 bits per heavy atom. The number of thioether (sulfide) groups is 1. The fourth-order valence-corrected chi connectivity index (χ4v) is 3.09. The summed E-state index contributed by atoms with van der Waals surface area (Å²) in [6, 6.07) is 0. The van der Waals surface area contributed by atoms with Crippen molar-refractivity contribution in [1.29, 1.82) is 5.41 Å². The van der Waals surface area contributed by atoms with Crippen molar-refractivity contribution >= 4 is 22.8 Å². The van der Waals surface area contributed by atoms with Crippen LogP contribution in [0.15, 0.2) is 23.3 Å². The molecule has 19 heavy (non-hydrogen) atoms. The Morgan fingerprint density at radius 2 is 2.16 bits per heavy atom. The van der Waals surface area contributed by atoms with Crippen molar-refractivity contribution in [1.82, 2.24) is 0 Å². The Labute approximate surface area is 118 Å². The Kier molecular flexibility index (Phi) is 3.90. The zero-order valence-electron chi connectivity index (χ0n) is 11.7. The van der Waals surface area contributed by atoms with Crippen molar-refractivity contribution in [2.75, 3.05) is 6.26 Å². The van der Waals surface area contributed by atoms with Crippen LogP contribution in [-0.2, 0) is 4.79 Å². The molecule has 0 bridgehead atoms. The zero-order valence-corrected chi connectivity index (χ0v) is 12.5. The molecule has 0 spiro atoms. The van der Waals surface area contributed by atoms with Gasteiger partial charge in [0.15, 0.2) is 0 Å². The summed E-state index contributed by atoms with van der Waals surface area (Å²) in [5, 5.41) is 18.1. The summed E-state index contributed by atoms with van der Waals surface area (Å²) in [7, 11) is 0. The topological polar surface area (TPSA) is 61.2 Å². The van der Waals surface area contributed by atoms with Gasteiger partial charge < -0.3 is 5.11 Å². The molecule has 0 aliphatic heterocycles. The molecular weight excluding hydrogens is 258 g/mol. The minimum absolute atomic E-state index is 0.0867. The zero-order chi connectivity index (χ0) is 14.2. The molecule has 2 unspecified atom stereocenters. The molecule has 0 heterocycles. The van der Waals surface area contributed by atoms with E-state index in [9.17, 15) is 9.90 Å². The van der Waals surface area contributed by atoms with E-state index >= 15 is 0 Å². The smallest absolute Gasteiger partial charge is 0.313 e. The van der Waals surface area contributed by atoms with Gasteiger partial charge in [-0.25, -0.2) is 0 Å². The second-order valence-electron chi connectivity index (χ2n) is 5.72. The standard InChI is InChI=1S/C15H21NO2S/c1-9-7-11(13(16)19-3)12(10-5-4-6-10)8-15(9,2)14(17)18/h7-10,16H,4-6H2,1-3H3,(H,17,18). The van der Waals surface area contributed by atoms with Crippen LogP contribution in [0.25, 0.3) is 0 Å². The molecule has 2 atom stereocenters. The molecule has 0 amide bonds. The van der Waals surface area contributed by atoms with Gasteiger partial charge in [0.2, 0.25) is 0 Å². The van der Waals surface area contributed by atoms with Crippen LogP contribution in [0.4, 0.5) is 0 Å². The van der Waals surface area contributed by atoms with Crippen molar-refractivity contribution in [2.24, 2.45) is 17.3 Å². The SMILES string of the molecule is CSC(=N)C1=CC(C)C(C)(C(=O)O)C=C1C1CCC1.